The van der Waals surface area contributed by atoms with Gasteiger partial charge >= 0.3 is 0 Å². The Morgan fingerprint density at radius 2 is 2.07 bits per heavy atom. The number of benzene rings is 1. The van der Waals surface area contributed by atoms with Crippen LogP contribution in [0.2, 0.25) is 0 Å². The second-order valence-corrected chi connectivity index (χ2v) is 8.26. The Morgan fingerprint density at radius 1 is 1.19 bits per heavy atom. The molecule has 0 bridgehead atoms. The van der Waals surface area contributed by atoms with Crippen LogP contribution in [-0.2, 0) is 9.47 Å². The Kier molecular flexibility index (Phi) is 4.42. The van der Waals surface area contributed by atoms with E-state index >= 15 is 0 Å². The lowest BCUT2D eigenvalue weighted by molar-refractivity contribution is -0.133. The first-order chi connectivity index (χ1) is 13.2. The number of aromatic amines is 1. The highest BCUT2D eigenvalue weighted by atomic mass is 16.5. The van der Waals surface area contributed by atoms with Crippen molar-refractivity contribution in [1.29, 1.82) is 0 Å². The molecule has 2 saturated heterocycles. The molecule has 2 aliphatic heterocycles. The lowest BCUT2D eigenvalue weighted by Crippen LogP contribution is -2.60. The maximum atomic E-state index is 13.1. The molecule has 144 valence electrons. The van der Waals surface area contributed by atoms with Crippen LogP contribution in [0.4, 0.5) is 0 Å². The lowest BCUT2D eigenvalue weighted by Gasteiger charge is -2.43. The lowest BCUT2D eigenvalue weighted by atomic mass is 10.0. The third kappa shape index (κ3) is 3.61. The Balaban J connectivity index is 1.33. The first-order valence-electron chi connectivity index (χ1n) is 10.0. The van der Waals surface area contributed by atoms with Crippen LogP contribution in [0.15, 0.2) is 30.3 Å². The summed E-state index contributed by atoms with van der Waals surface area (Å²) in [6, 6.07) is 9.95. The molecule has 1 aliphatic carbocycles. The largest absolute Gasteiger partial charge is 0.377 e. The van der Waals surface area contributed by atoms with Gasteiger partial charge in [-0.15, -0.1) is 0 Å². The van der Waals surface area contributed by atoms with Crippen molar-refractivity contribution in [3.8, 4) is 0 Å². The van der Waals surface area contributed by atoms with Gasteiger partial charge in [0, 0.05) is 37.1 Å². The summed E-state index contributed by atoms with van der Waals surface area (Å²) < 4.78 is 12.1. The molecule has 1 aromatic heterocycles. The Labute approximate surface area is 159 Å². The van der Waals surface area contributed by atoms with Crippen molar-refractivity contribution in [1.82, 2.24) is 14.8 Å². The zero-order chi connectivity index (χ0) is 18.3. The summed E-state index contributed by atoms with van der Waals surface area (Å²) in [7, 11) is 0. The number of H-pyrrole nitrogens is 1. The molecule has 1 unspecified atom stereocenters. The molecule has 27 heavy (non-hydrogen) atoms. The maximum Gasteiger partial charge on any atom is 0.270 e. The van der Waals surface area contributed by atoms with Crippen LogP contribution < -0.4 is 0 Å². The standard InChI is InChI=1S/C21H27N3O3/c25-20(19-11-17-3-1-2-4-18(17)22-19)24-8-10-27-21(14-24)13-23(7-9-26-15-21)12-16-5-6-16/h1-4,11,16,22H,5-10,12-15H2. The minimum atomic E-state index is -0.411. The highest BCUT2D eigenvalue weighted by Gasteiger charge is 2.42. The number of carbonyl (C=O) groups excluding carboxylic acids is 1. The minimum Gasteiger partial charge on any atom is -0.377 e. The van der Waals surface area contributed by atoms with E-state index < -0.39 is 5.60 Å². The fourth-order valence-corrected chi connectivity index (χ4v) is 4.37. The second kappa shape index (κ2) is 6.93. The molecule has 1 amide bonds. The van der Waals surface area contributed by atoms with Crippen molar-refractivity contribution >= 4 is 16.8 Å². The number of aromatic nitrogens is 1. The third-order valence-corrected chi connectivity index (χ3v) is 5.94. The SMILES string of the molecule is O=C(c1cc2ccccc2[nH]1)N1CCOC2(COCCN(CC3CC3)C2)C1. The molecular weight excluding hydrogens is 342 g/mol. The molecule has 3 heterocycles. The highest BCUT2D eigenvalue weighted by molar-refractivity contribution is 5.98. The first-order valence-corrected chi connectivity index (χ1v) is 10.0. The van der Waals surface area contributed by atoms with E-state index in [2.05, 4.69) is 9.88 Å². The van der Waals surface area contributed by atoms with Crippen molar-refractivity contribution in [2.24, 2.45) is 5.92 Å². The van der Waals surface area contributed by atoms with Crippen LogP contribution in [0.25, 0.3) is 10.9 Å². The average molecular weight is 369 g/mol. The topological polar surface area (TPSA) is 57.8 Å². The Hall–Kier alpha value is -1.89. The number of amides is 1. The normalized spacial score (nSPS) is 27.2. The van der Waals surface area contributed by atoms with Crippen molar-refractivity contribution in [3.63, 3.8) is 0 Å². The number of fused-ring (bicyclic) bond motifs is 1. The number of hydrogen-bond acceptors (Lipinski definition) is 4. The summed E-state index contributed by atoms with van der Waals surface area (Å²) in [6.45, 7) is 6.01. The van der Waals surface area contributed by atoms with Gasteiger partial charge in [0.05, 0.1) is 26.4 Å². The van der Waals surface area contributed by atoms with E-state index in [-0.39, 0.29) is 5.91 Å². The molecule has 1 aromatic carbocycles. The number of carbonyl (C=O) groups is 1. The molecular formula is C21H27N3O3. The zero-order valence-electron chi connectivity index (χ0n) is 15.7. The van der Waals surface area contributed by atoms with Crippen LogP contribution >= 0.6 is 0 Å². The van der Waals surface area contributed by atoms with Gasteiger partial charge in [-0.1, -0.05) is 18.2 Å². The Bertz CT molecular complexity index is 798. The second-order valence-electron chi connectivity index (χ2n) is 8.26. The zero-order valence-corrected chi connectivity index (χ0v) is 15.7. The van der Waals surface area contributed by atoms with E-state index in [1.54, 1.807) is 0 Å². The fraction of sp³-hybridized carbons (Fsp3) is 0.571. The van der Waals surface area contributed by atoms with Crippen molar-refractivity contribution in [2.75, 3.05) is 52.5 Å². The molecule has 3 aliphatic rings. The number of para-hydroxylation sites is 1. The van der Waals surface area contributed by atoms with Crippen LogP contribution in [-0.4, -0.2) is 78.8 Å². The summed E-state index contributed by atoms with van der Waals surface area (Å²) >= 11 is 0. The molecule has 1 spiro atoms. The van der Waals surface area contributed by atoms with Gasteiger partial charge in [-0.05, 0) is 30.9 Å². The summed E-state index contributed by atoms with van der Waals surface area (Å²) in [4.78, 5) is 20.8. The summed E-state index contributed by atoms with van der Waals surface area (Å²) in [5, 5.41) is 1.07. The van der Waals surface area contributed by atoms with Gasteiger partial charge < -0.3 is 19.4 Å². The molecule has 0 radical (unpaired) electrons. The number of hydrogen-bond donors (Lipinski definition) is 1. The highest BCUT2D eigenvalue weighted by Crippen LogP contribution is 2.31. The minimum absolute atomic E-state index is 0.0480. The predicted molar refractivity (Wildman–Crippen MR) is 103 cm³/mol. The van der Waals surface area contributed by atoms with Gasteiger partial charge in [-0.3, -0.25) is 9.69 Å². The van der Waals surface area contributed by atoms with E-state index in [4.69, 9.17) is 9.47 Å². The van der Waals surface area contributed by atoms with Crippen LogP contribution in [0.1, 0.15) is 23.3 Å². The number of rotatable bonds is 3. The number of morpholine rings is 1. The van der Waals surface area contributed by atoms with Crippen molar-refractivity contribution in [3.05, 3.63) is 36.0 Å². The molecule has 5 rings (SSSR count). The Morgan fingerprint density at radius 3 is 2.93 bits per heavy atom. The van der Waals surface area contributed by atoms with Crippen LogP contribution in [0.5, 0.6) is 0 Å². The number of nitrogens with zero attached hydrogens (tertiary/aromatic N) is 2. The molecule has 3 fully saturated rings. The summed E-state index contributed by atoms with van der Waals surface area (Å²) in [5.41, 5.74) is 1.24. The number of nitrogens with one attached hydrogen (secondary N) is 1. The van der Waals surface area contributed by atoms with Gasteiger partial charge in [0.1, 0.15) is 11.3 Å². The fourth-order valence-electron chi connectivity index (χ4n) is 4.37. The van der Waals surface area contributed by atoms with E-state index in [0.29, 0.717) is 32.0 Å². The van der Waals surface area contributed by atoms with Gasteiger partial charge in [-0.25, -0.2) is 0 Å². The van der Waals surface area contributed by atoms with Crippen LogP contribution in [0, 0.1) is 5.92 Å². The quantitative estimate of drug-likeness (QED) is 0.900. The molecule has 1 atom stereocenters. The first kappa shape index (κ1) is 17.2. The third-order valence-electron chi connectivity index (χ3n) is 5.94. The molecule has 1 N–H and O–H groups in total. The van der Waals surface area contributed by atoms with E-state index in [9.17, 15) is 4.79 Å². The smallest absolute Gasteiger partial charge is 0.270 e. The van der Waals surface area contributed by atoms with E-state index in [1.165, 1.54) is 12.8 Å². The average Bonchev–Trinajstić information content (AvgIpc) is 3.42. The predicted octanol–water partition coefficient (Wildman–Crippen LogP) is 2.12. The van der Waals surface area contributed by atoms with Gasteiger partial charge in [0.25, 0.3) is 5.91 Å². The molecule has 2 aromatic rings. The molecule has 6 nitrogen and oxygen atoms in total. The van der Waals surface area contributed by atoms with E-state index in [1.807, 2.05) is 35.2 Å². The van der Waals surface area contributed by atoms with Crippen molar-refractivity contribution < 1.29 is 14.3 Å². The summed E-state index contributed by atoms with van der Waals surface area (Å²) in [6.07, 6.45) is 2.69. The van der Waals surface area contributed by atoms with Crippen LogP contribution in [0.3, 0.4) is 0 Å². The van der Waals surface area contributed by atoms with E-state index in [0.717, 1.165) is 43.1 Å². The van der Waals surface area contributed by atoms with Gasteiger partial charge in [0.2, 0.25) is 0 Å². The van der Waals surface area contributed by atoms with Crippen molar-refractivity contribution in [2.45, 2.75) is 18.4 Å². The molecule has 6 heteroatoms. The summed E-state index contributed by atoms with van der Waals surface area (Å²) in [5.74, 6) is 0.889. The monoisotopic (exact) mass is 369 g/mol. The van der Waals surface area contributed by atoms with Gasteiger partial charge in [-0.2, -0.15) is 0 Å². The maximum absolute atomic E-state index is 13.1. The van der Waals surface area contributed by atoms with Gasteiger partial charge in [0.15, 0.2) is 0 Å². The molecule has 1 saturated carbocycles. The number of ether oxygens (including phenoxy) is 2.